The van der Waals surface area contributed by atoms with Crippen molar-refractivity contribution < 1.29 is 14.8 Å². The van der Waals surface area contributed by atoms with Gasteiger partial charge in [0.05, 0.1) is 7.11 Å². The molecule has 0 unspecified atom stereocenters. The van der Waals surface area contributed by atoms with E-state index in [4.69, 9.17) is 14.8 Å². The normalized spacial score (nSPS) is 9.67. The molecule has 0 radical (unpaired) electrons. The second kappa shape index (κ2) is 3.93. The van der Waals surface area contributed by atoms with Crippen LogP contribution in [0, 0.1) is 0 Å². The lowest BCUT2D eigenvalue weighted by atomic mass is 9.80. The van der Waals surface area contributed by atoms with Crippen LogP contribution in [0.5, 0.6) is 5.75 Å². The molecular weight excluding hydrogens is 223 g/mol. The standard InChI is InChI=1S/C7H8BBrO3/c1-12-5-2-3-7(9)6(4-5)8(10)11/h2-4,10-11H,1H3. The van der Waals surface area contributed by atoms with Crippen LogP contribution in [0.2, 0.25) is 0 Å². The molecule has 2 N–H and O–H groups in total. The largest absolute Gasteiger partial charge is 0.497 e. The Bertz CT molecular complexity index is 277. The van der Waals surface area contributed by atoms with E-state index in [0.29, 0.717) is 15.7 Å². The molecule has 0 amide bonds. The van der Waals surface area contributed by atoms with E-state index in [1.165, 1.54) is 7.11 Å². The molecule has 0 atom stereocenters. The highest BCUT2D eigenvalue weighted by Gasteiger charge is 2.15. The Morgan fingerprint density at radius 3 is 2.58 bits per heavy atom. The SMILES string of the molecule is COc1ccc(Br)c(B(O)O)c1. The molecule has 0 fully saturated rings. The van der Waals surface area contributed by atoms with Gasteiger partial charge < -0.3 is 14.8 Å². The van der Waals surface area contributed by atoms with Crippen molar-refractivity contribution in [3.05, 3.63) is 22.7 Å². The Labute approximate surface area is 79.3 Å². The summed E-state index contributed by atoms with van der Waals surface area (Å²) in [5.41, 5.74) is 0.398. The lowest BCUT2D eigenvalue weighted by Gasteiger charge is -2.05. The topological polar surface area (TPSA) is 49.7 Å². The van der Waals surface area contributed by atoms with Gasteiger partial charge in [-0.05, 0) is 23.7 Å². The summed E-state index contributed by atoms with van der Waals surface area (Å²) in [5.74, 6) is 0.598. The summed E-state index contributed by atoms with van der Waals surface area (Å²) in [6.07, 6.45) is 0. The summed E-state index contributed by atoms with van der Waals surface area (Å²) < 4.78 is 5.57. The van der Waals surface area contributed by atoms with E-state index in [1.807, 2.05) is 0 Å². The lowest BCUT2D eigenvalue weighted by Crippen LogP contribution is -2.30. The maximum absolute atomic E-state index is 8.89. The molecule has 0 bridgehead atoms. The molecule has 0 saturated carbocycles. The van der Waals surface area contributed by atoms with Crippen LogP contribution in [0.15, 0.2) is 22.7 Å². The average Bonchev–Trinajstić information content (AvgIpc) is 2.05. The van der Waals surface area contributed by atoms with Crippen molar-refractivity contribution in [3.8, 4) is 5.75 Å². The summed E-state index contributed by atoms with van der Waals surface area (Å²) in [6, 6.07) is 5.00. The van der Waals surface area contributed by atoms with E-state index in [-0.39, 0.29) is 0 Å². The van der Waals surface area contributed by atoms with Gasteiger partial charge >= 0.3 is 7.12 Å². The minimum Gasteiger partial charge on any atom is -0.497 e. The van der Waals surface area contributed by atoms with E-state index in [2.05, 4.69) is 15.9 Å². The smallest absolute Gasteiger partial charge is 0.489 e. The number of ether oxygens (including phenoxy) is 1. The molecule has 5 heteroatoms. The number of methoxy groups -OCH3 is 1. The quantitative estimate of drug-likeness (QED) is 0.711. The van der Waals surface area contributed by atoms with Gasteiger partial charge in [0.15, 0.2) is 0 Å². The van der Waals surface area contributed by atoms with Crippen LogP contribution in [0.25, 0.3) is 0 Å². The van der Waals surface area contributed by atoms with E-state index >= 15 is 0 Å². The second-order valence-corrected chi connectivity index (χ2v) is 3.12. The Morgan fingerprint density at radius 1 is 1.42 bits per heavy atom. The van der Waals surface area contributed by atoms with Crippen LogP contribution in [0.1, 0.15) is 0 Å². The van der Waals surface area contributed by atoms with Crippen LogP contribution >= 0.6 is 15.9 Å². The zero-order valence-electron chi connectivity index (χ0n) is 6.49. The first-order chi connectivity index (χ1) is 5.65. The van der Waals surface area contributed by atoms with Gasteiger partial charge in [-0.25, -0.2) is 0 Å². The molecule has 0 heterocycles. The molecule has 12 heavy (non-hydrogen) atoms. The molecule has 3 nitrogen and oxygen atoms in total. The monoisotopic (exact) mass is 230 g/mol. The molecule has 1 aromatic rings. The van der Waals surface area contributed by atoms with Crippen molar-refractivity contribution in [3.63, 3.8) is 0 Å². The second-order valence-electron chi connectivity index (χ2n) is 2.26. The van der Waals surface area contributed by atoms with Crippen LogP contribution in [0.3, 0.4) is 0 Å². The van der Waals surface area contributed by atoms with Crippen molar-refractivity contribution in [1.82, 2.24) is 0 Å². The summed E-state index contributed by atoms with van der Waals surface area (Å²) in [7, 11) is 0.0472. The number of hydrogen-bond acceptors (Lipinski definition) is 3. The summed E-state index contributed by atoms with van der Waals surface area (Å²) in [4.78, 5) is 0. The lowest BCUT2D eigenvalue weighted by molar-refractivity contribution is 0.412. The number of rotatable bonds is 2. The van der Waals surface area contributed by atoms with Crippen LogP contribution in [-0.2, 0) is 0 Å². The molecule has 0 aliphatic carbocycles. The molecule has 0 saturated heterocycles. The maximum Gasteiger partial charge on any atom is 0.489 e. The highest BCUT2D eigenvalue weighted by molar-refractivity contribution is 9.10. The minimum atomic E-state index is -1.48. The van der Waals surface area contributed by atoms with Crippen LogP contribution in [0.4, 0.5) is 0 Å². The van der Waals surface area contributed by atoms with E-state index in [1.54, 1.807) is 18.2 Å². The van der Waals surface area contributed by atoms with Crippen molar-refractivity contribution in [1.29, 1.82) is 0 Å². The van der Waals surface area contributed by atoms with Crippen molar-refractivity contribution >= 4 is 28.5 Å². The Hall–Kier alpha value is -0.515. The third-order valence-electron chi connectivity index (χ3n) is 1.48. The van der Waals surface area contributed by atoms with Gasteiger partial charge in [0.2, 0.25) is 0 Å². The Morgan fingerprint density at radius 2 is 2.08 bits per heavy atom. The summed E-state index contributed by atoms with van der Waals surface area (Å²) in [5, 5.41) is 17.8. The number of halogens is 1. The fourth-order valence-electron chi connectivity index (χ4n) is 0.847. The molecule has 0 aliphatic rings. The third-order valence-corrected chi connectivity index (χ3v) is 2.20. The average molecular weight is 231 g/mol. The minimum absolute atomic E-state index is 0.398. The molecule has 0 spiro atoms. The molecule has 64 valence electrons. The van der Waals surface area contributed by atoms with Gasteiger partial charge in [-0.3, -0.25) is 0 Å². The molecule has 0 aliphatic heterocycles. The van der Waals surface area contributed by atoms with Gasteiger partial charge in [0, 0.05) is 4.47 Å². The van der Waals surface area contributed by atoms with Gasteiger partial charge in [0.25, 0.3) is 0 Å². The maximum atomic E-state index is 8.89. The van der Waals surface area contributed by atoms with E-state index in [9.17, 15) is 0 Å². The van der Waals surface area contributed by atoms with Crippen LogP contribution in [-0.4, -0.2) is 24.3 Å². The predicted octanol–water partition coefficient (Wildman–Crippen LogP) is 0.137. The highest BCUT2D eigenvalue weighted by Crippen LogP contribution is 2.13. The zero-order chi connectivity index (χ0) is 9.14. The van der Waals surface area contributed by atoms with Crippen molar-refractivity contribution in [2.24, 2.45) is 0 Å². The van der Waals surface area contributed by atoms with Crippen molar-refractivity contribution in [2.45, 2.75) is 0 Å². The van der Waals surface area contributed by atoms with Gasteiger partial charge in [-0.1, -0.05) is 15.9 Å². The Balaban J connectivity index is 3.08. The molecular formula is C7H8BBrO3. The predicted molar refractivity (Wildman–Crippen MR) is 50.5 cm³/mol. The summed E-state index contributed by atoms with van der Waals surface area (Å²) >= 11 is 3.18. The van der Waals surface area contributed by atoms with Crippen LogP contribution < -0.4 is 10.2 Å². The zero-order valence-corrected chi connectivity index (χ0v) is 8.08. The van der Waals surface area contributed by atoms with Crippen molar-refractivity contribution in [2.75, 3.05) is 7.11 Å². The van der Waals surface area contributed by atoms with Gasteiger partial charge in [0.1, 0.15) is 5.75 Å². The van der Waals surface area contributed by atoms with Gasteiger partial charge in [-0.15, -0.1) is 0 Å². The number of hydrogen-bond donors (Lipinski definition) is 2. The van der Waals surface area contributed by atoms with E-state index in [0.717, 1.165) is 0 Å². The molecule has 0 aromatic heterocycles. The Kier molecular flexibility index (Phi) is 3.14. The third kappa shape index (κ3) is 2.00. The first-order valence-electron chi connectivity index (χ1n) is 3.34. The van der Waals surface area contributed by atoms with Gasteiger partial charge in [-0.2, -0.15) is 0 Å². The number of benzene rings is 1. The molecule has 1 rings (SSSR count). The molecule has 1 aromatic carbocycles. The highest BCUT2D eigenvalue weighted by atomic mass is 79.9. The first kappa shape index (κ1) is 9.57. The van der Waals surface area contributed by atoms with E-state index < -0.39 is 7.12 Å². The summed E-state index contributed by atoms with van der Waals surface area (Å²) in [6.45, 7) is 0. The fourth-order valence-corrected chi connectivity index (χ4v) is 1.30. The first-order valence-corrected chi connectivity index (χ1v) is 4.14. The fraction of sp³-hybridized carbons (Fsp3) is 0.143.